The van der Waals surface area contributed by atoms with Gasteiger partial charge in [-0.15, -0.1) is 21.5 Å². The minimum absolute atomic E-state index is 0.162. The molecule has 0 bridgehead atoms. The number of nitrogens with zero attached hydrogens (tertiary/aromatic N) is 3. The average Bonchev–Trinajstić information content (AvgIpc) is 3.43. The summed E-state index contributed by atoms with van der Waals surface area (Å²) in [5.74, 6) is 0.434. The molecule has 0 saturated carbocycles. The van der Waals surface area contributed by atoms with Crippen molar-refractivity contribution in [2.45, 2.75) is 25.5 Å². The average molecular weight is 437 g/mol. The Morgan fingerprint density at radius 2 is 1.80 bits per heavy atom. The van der Waals surface area contributed by atoms with Crippen LogP contribution in [0.3, 0.4) is 0 Å². The lowest BCUT2D eigenvalue weighted by molar-refractivity contribution is -0.113. The number of hydrogen-bond acceptors (Lipinski definition) is 7. The van der Waals surface area contributed by atoms with Gasteiger partial charge in [-0.3, -0.25) is 4.79 Å². The summed E-state index contributed by atoms with van der Waals surface area (Å²) in [4.78, 5) is 16.8. The van der Waals surface area contributed by atoms with Crippen LogP contribution < -0.4 is 5.32 Å². The maximum absolute atomic E-state index is 12.3. The molecule has 4 aromatic rings. The van der Waals surface area contributed by atoms with Gasteiger partial charge in [0.15, 0.2) is 5.13 Å². The summed E-state index contributed by atoms with van der Waals surface area (Å²) >= 11 is 2.60. The van der Waals surface area contributed by atoms with Crippen LogP contribution in [-0.4, -0.2) is 26.8 Å². The van der Waals surface area contributed by atoms with Gasteiger partial charge in [-0.1, -0.05) is 60.6 Å². The standard InChI is InChI=1S/C22H20N4O2S2/c1-3-15-6-10-16(11-7-15)18-12-29-21(23-18)24-19(27)13-30-22-26-25-20(28-22)17-8-4-14(2)5-9-17/h4-12H,3,13H2,1-2H3,(H,23,24,27). The molecule has 2 heterocycles. The first kappa shape index (κ1) is 20.3. The van der Waals surface area contributed by atoms with E-state index < -0.39 is 0 Å². The Morgan fingerprint density at radius 3 is 2.53 bits per heavy atom. The lowest BCUT2D eigenvalue weighted by atomic mass is 10.1. The third-order valence-electron chi connectivity index (χ3n) is 4.44. The van der Waals surface area contributed by atoms with Crippen molar-refractivity contribution < 1.29 is 9.21 Å². The third-order valence-corrected chi connectivity index (χ3v) is 6.02. The Balaban J connectivity index is 1.32. The van der Waals surface area contributed by atoms with Crippen molar-refractivity contribution in [1.82, 2.24) is 15.2 Å². The minimum atomic E-state index is -0.169. The van der Waals surface area contributed by atoms with Crippen LogP contribution in [0, 0.1) is 6.92 Å². The largest absolute Gasteiger partial charge is 0.411 e. The summed E-state index contributed by atoms with van der Waals surface area (Å²) in [6, 6.07) is 16.1. The SMILES string of the molecule is CCc1ccc(-c2csc(NC(=O)CSc3nnc(-c4ccc(C)cc4)o3)n2)cc1. The summed E-state index contributed by atoms with van der Waals surface area (Å²) in [7, 11) is 0. The van der Waals surface area contributed by atoms with Gasteiger partial charge in [0.1, 0.15) is 0 Å². The zero-order chi connectivity index (χ0) is 20.9. The molecule has 30 heavy (non-hydrogen) atoms. The Morgan fingerprint density at radius 1 is 1.07 bits per heavy atom. The van der Waals surface area contributed by atoms with Crippen LogP contribution >= 0.6 is 23.1 Å². The maximum atomic E-state index is 12.3. The van der Waals surface area contributed by atoms with Crippen molar-refractivity contribution in [3.05, 3.63) is 65.0 Å². The second-order valence-corrected chi connectivity index (χ2v) is 8.45. The molecule has 2 aromatic heterocycles. The Labute approximate surface area is 182 Å². The molecule has 0 aliphatic rings. The number of benzene rings is 2. The predicted octanol–water partition coefficient (Wildman–Crippen LogP) is 5.46. The molecule has 2 aromatic carbocycles. The third kappa shape index (κ3) is 4.95. The molecule has 4 rings (SSSR count). The van der Waals surface area contributed by atoms with E-state index in [4.69, 9.17) is 4.42 Å². The number of anilines is 1. The molecule has 0 spiro atoms. The molecule has 0 unspecified atom stereocenters. The maximum Gasteiger partial charge on any atom is 0.277 e. The molecule has 0 saturated heterocycles. The lowest BCUT2D eigenvalue weighted by Gasteiger charge is -2.00. The van der Waals surface area contributed by atoms with Gasteiger partial charge in [-0.05, 0) is 31.0 Å². The minimum Gasteiger partial charge on any atom is -0.411 e. The number of carbonyl (C=O) groups excluding carboxylic acids is 1. The van der Waals surface area contributed by atoms with Gasteiger partial charge >= 0.3 is 0 Å². The summed E-state index contributed by atoms with van der Waals surface area (Å²) in [5, 5.41) is 13.7. The summed E-state index contributed by atoms with van der Waals surface area (Å²) in [6.07, 6.45) is 1.00. The molecule has 0 aliphatic heterocycles. The number of thiazole rings is 1. The fourth-order valence-corrected chi connectivity index (χ4v) is 4.04. The fraction of sp³-hybridized carbons (Fsp3) is 0.182. The highest BCUT2D eigenvalue weighted by atomic mass is 32.2. The van der Waals surface area contributed by atoms with Crippen LogP contribution in [0.5, 0.6) is 0 Å². The van der Waals surface area contributed by atoms with Crippen LogP contribution in [0.2, 0.25) is 0 Å². The molecule has 1 amide bonds. The first-order valence-corrected chi connectivity index (χ1v) is 11.4. The summed E-state index contributed by atoms with van der Waals surface area (Å²) < 4.78 is 5.64. The van der Waals surface area contributed by atoms with Gasteiger partial charge in [0.05, 0.1) is 11.4 Å². The van der Waals surface area contributed by atoms with E-state index in [1.165, 1.54) is 28.7 Å². The van der Waals surface area contributed by atoms with E-state index in [1.54, 1.807) is 0 Å². The summed E-state index contributed by atoms with van der Waals surface area (Å²) in [5.41, 5.74) is 5.18. The Kier molecular flexibility index (Phi) is 6.25. The van der Waals surface area contributed by atoms with Crippen molar-refractivity contribution in [3.63, 3.8) is 0 Å². The lowest BCUT2D eigenvalue weighted by Crippen LogP contribution is -2.13. The second-order valence-electron chi connectivity index (χ2n) is 6.66. The molecule has 8 heteroatoms. The van der Waals surface area contributed by atoms with Crippen molar-refractivity contribution in [3.8, 4) is 22.7 Å². The van der Waals surface area contributed by atoms with Crippen molar-refractivity contribution >= 4 is 34.1 Å². The van der Waals surface area contributed by atoms with E-state index in [0.717, 1.165) is 28.8 Å². The highest BCUT2D eigenvalue weighted by Gasteiger charge is 2.13. The fourth-order valence-electron chi connectivity index (χ4n) is 2.74. The van der Waals surface area contributed by atoms with Crippen LogP contribution in [0.25, 0.3) is 22.7 Å². The monoisotopic (exact) mass is 436 g/mol. The normalized spacial score (nSPS) is 10.9. The Hall–Kier alpha value is -2.97. The zero-order valence-corrected chi connectivity index (χ0v) is 18.2. The molecule has 0 radical (unpaired) electrons. The van der Waals surface area contributed by atoms with E-state index in [9.17, 15) is 4.79 Å². The van der Waals surface area contributed by atoms with E-state index in [1.807, 2.05) is 36.6 Å². The topological polar surface area (TPSA) is 80.9 Å². The van der Waals surface area contributed by atoms with Crippen LogP contribution in [0.4, 0.5) is 5.13 Å². The molecule has 0 aliphatic carbocycles. The van der Waals surface area contributed by atoms with Crippen molar-refractivity contribution in [1.29, 1.82) is 0 Å². The highest BCUT2D eigenvalue weighted by Crippen LogP contribution is 2.26. The first-order chi connectivity index (χ1) is 14.6. The highest BCUT2D eigenvalue weighted by molar-refractivity contribution is 7.99. The molecule has 0 atom stereocenters. The summed E-state index contributed by atoms with van der Waals surface area (Å²) in [6.45, 7) is 4.14. The molecule has 152 valence electrons. The van der Waals surface area contributed by atoms with Gasteiger partial charge in [0, 0.05) is 16.5 Å². The van der Waals surface area contributed by atoms with E-state index in [-0.39, 0.29) is 11.7 Å². The van der Waals surface area contributed by atoms with E-state index in [2.05, 4.69) is 51.7 Å². The van der Waals surface area contributed by atoms with Crippen LogP contribution in [0.1, 0.15) is 18.1 Å². The molecule has 0 fully saturated rings. The number of aryl methyl sites for hydroxylation is 2. The van der Waals surface area contributed by atoms with Gasteiger partial charge in [-0.25, -0.2) is 4.98 Å². The molecular formula is C22H20N4O2S2. The smallest absolute Gasteiger partial charge is 0.277 e. The van der Waals surface area contributed by atoms with E-state index >= 15 is 0 Å². The second kappa shape index (κ2) is 9.23. The van der Waals surface area contributed by atoms with Gasteiger partial charge in [-0.2, -0.15) is 0 Å². The molecule has 6 nitrogen and oxygen atoms in total. The van der Waals surface area contributed by atoms with Crippen molar-refractivity contribution in [2.75, 3.05) is 11.1 Å². The zero-order valence-electron chi connectivity index (χ0n) is 16.6. The number of thioether (sulfide) groups is 1. The number of rotatable bonds is 7. The van der Waals surface area contributed by atoms with Crippen molar-refractivity contribution in [2.24, 2.45) is 0 Å². The number of hydrogen-bond donors (Lipinski definition) is 1. The van der Waals surface area contributed by atoms with Gasteiger partial charge < -0.3 is 9.73 Å². The first-order valence-electron chi connectivity index (χ1n) is 9.49. The quantitative estimate of drug-likeness (QED) is 0.387. The van der Waals surface area contributed by atoms with Gasteiger partial charge in [0.2, 0.25) is 11.8 Å². The van der Waals surface area contributed by atoms with Crippen LogP contribution in [0.15, 0.2) is 63.6 Å². The number of nitrogens with one attached hydrogen (secondary N) is 1. The van der Waals surface area contributed by atoms with Crippen LogP contribution in [-0.2, 0) is 11.2 Å². The predicted molar refractivity (Wildman–Crippen MR) is 121 cm³/mol. The van der Waals surface area contributed by atoms with Gasteiger partial charge in [0.25, 0.3) is 5.22 Å². The van der Waals surface area contributed by atoms with E-state index in [0.29, 0.717) is 16.2 Å². The molecule has 1 N–H and O–H groups in total. The number of carbonyl (C=O) groups is 1. The number of amides is 1. The number of aromatic nitrogens is 3. The Bertz CT molecular complexity index is 1130. The molecular weight excluding hydrogens is 416 g/mol.